The van der Waals surface area contributed by atoms with Gasteiger partial charge >= 0.3 is 0 Å². The molecule has 0 saturated carbocycles. The van der Waals surface area contributed by atoms with Crippen LogP contribution >= 0.6 is 0 Å². The topological polar surface area (TPSA) is 45.8 Å². The average Bonchev–Trinajstić information content (AvgIpc) is 3.02. The standard InChI is InChI=1S/C18H13FN2O/c19-16-10-8-14(9-11-16)18(22)17-15(12-20-21-17)7-6-13-4-2-1-3-5-13/h1-12H,(H,20,21)/b7-6+. The summed E-state index contributed by atoms with van der Waals surface area (Å²) in [6, 6.07) is 15.2. The Morgan fingerprint density at radius 3 is 2.45 bits per heavy atom. The largest absolute Gasteiger partial charge is 0.287 e. The molecule has 1 heterocycles. The third kappa shape index (κ3) is 3.01. The maximum atomic E-state index is 12.9. The number of benzene rings is 2. The van der Waals surface area contributed by atoms with E-state index in [9.17, 15) is 9.18 Å². The van der Waals surface area contributed by atoms with Gasteiger partial charge in [0.2, 0.25) is 5.78 Å². The molecular formula is C18H13FN2O. The van der Waals surface area contributed by atoms with E-state index in [1.807, 2.05) is 42.5 Å². The van der Waals surface area contributed by atoms with Gasteiger partial charge in [0.25, 0.3) is 0 Å². The quantitative estimate of drug-likeness (QED) is 0.740. The van der Waals surface area contributed by atoms with Gasteiger partial charge in [-0.1, -0.05) is 42.5 Å². The van der Waals surface area contributed by atoms with Crippen LogP contribution in [0.5, 0.6) is 0 Å². The van der Waals surface area contributed by atoms with Crippen LogP contribution in [0.3, 0.4) is 0 Å². The first-order chi connectivity index (χ1) is 10.7. The van der Waals surface area contributed by atoms with Crippen LogP contribution in [0.2, 0.25) is 0 Å². The van der Waals surface area contributed by atoms with E-state index in [0.717, 1.165) is 5.56 Å². The highest BCUT2D eigenvalue weighted by Gasteiger charge is 2.14. The Morgan fingerprint density at radius 2 is 1.73 bits per heavy atom. The fourth-order valence-electron chi connectivity index (χ4n) is 2.10. The van der Waals surface area contributed by atoms with Gasteiger partial charge in [-0.25, -0.2) is 4.39 Å². The molecule has 0 amide bonds. The molecule has 0 aliphatic rings. The molecule has 0 bridgehead atoms. The Morgan fingerprint density at radius 1 is 1.00 bits per heavy atom. The Balaban J connectivity index is 1.87. The summed E-state index contributed by atoms with van der Waals surface area (Å²) in [6.07, 6.45) is 5.33. The number of hydrogen-bond acceptors (Lipinski definition) is 2. The van der Waals surface area contributed by atoms with Crippen LogP contribution in [0.25, 0.3) is 12.2 Å². The second-order valence-electron chi connectivity index (χ2n) is 4.78. The van der Waals surface area contributed by atoms with Crippen molar-refractivity contribution < 1.29 is 9.18 Å². The molecule has 0 atom stereocenters. The van der Waals surface area contributed by atoms with Gasteiger partial charge < -0.3 is 0 Å². The maximum Gasteiger partial charge on any atom is 0.211 e. The number of nitrogens with zero attached hydrogens (tertiary/aromatic N) is 1. The molecule has 108 valence electrons. The molecule has 22 heavy (non-hydrogen) atoms. The predicted molar refractivity (Wildman–Crippen MR) is 83.8 cm³/mol. The predicted octanol–water partition coefficient (Wildman–Crippen LogP) is 3.95. The van der Waals surface area contributed by atoms with Crippen molar-refractivity contribution in [3.63, 3.8) is 0 Å². The zero-order valence-electron chi connectivity index (χ0n) is 11.7. The molecule has 1 aromatic heterocycles. The normalized spacial score (nSPS) is 11.0. The molecule has 0 unspecified atom stereocenters. The summed E-state index contributed by atoms with van der Waals surface area (Å²) in [6.45, 7) is 0. The lowest BCUT2D eigenvalue weighted by molar-refractivity contribution is 0.103. The van der Waals surface area contributed by atoms with Crippen molar-refractivity contribution in [2.75, 3.05) is 0 Å². The van der Waals surface area contributed by atoms with Gasteiger partial charge in [-0.05, 0) is 29.8 Å². The summed E-state index contributed by atoms with van der Waals surface area (Å²) in [5.74, 6) is -0.587. The van der Waals surface area contributed by atoms with E-state index in [1.54, 1.807) is 6.20 Å². The Kier molecular flexibility index (Phi) is 3.92. The van der Waals surface area contributed by atoms with E-state index in [-0.39, 0.29) is 11.6 Å². The van der Waals surface area contributed by atoms with Gasteiger partial charge in [0.15, 0.2) is 0 Å². The lowest BCUT2D eigenvalue weighted by Crippen LogP contribution is -2.03. The SMILES string of the molecule is O=C(c1ccc(F)cc1)c1[nH]ncc1/C=C/c1ccccc1. The molecule has 3 aromatic rings. The van der Waals surface area contributed by atoms with Gasteiger partial charge in [-0.2, -0.15) is 5.10 Å². The Bertz CT molecular complexity index is 805. The van der Waals surface area contributed by atoms with E-state index in [1.165, 1.54) is 24.3 Å². The molecule has 0 fully saturated rings. The number of aromatic nitrogens is 2. The van der Waals surface area contributed by atoms with Crippen LogP contribution in [0, 0.1) is 5.82 Å². The molecule has 2 aromatic carbocycles. The van der Waals surface area contributed by atoms with Gasteiger partial charge in [0, 0.05) is 11.1 Å². The minimum absolute atomic E-state index is 0.217. The number of nitrogens with one attached hydrogen (secondary N) is 1. The van der Waals surface area contributed by atoms with E-state index >= 15 is 0 Å². The summed E-state index contributed by atoms with van der Waals surface area (Å²) >= 11 is 0. The number of halogens is 1. The minimum atomic E-state index is -0.370. The molecule has 3 nitrogen and oxygen atoms in total. The first kappa shape index (κ1) is 13.9. The molecular weight excluding hydrogens is 279 g/mol. The van der Waals surface area contributed by atoms with Crippen LogP contribution in [0.4, 0.5) is 4.39 Å². The monoisotopic (exact) mass is 292 g/mol. The molecule has 3 rings (SSSR count). The fourth-order valence-corrected chi connectivity index (χ4v) is 2.10. The van der Waals surface area contributed by atoms with E-state index in [2.05, 4.69) is 10.2 Å². The molecule has 0 spiro atoms. The lowest BCUT2D eigenvalue weighted by Gasteiger charge is -2.00. The third-order valence-corrected chi connectivity index (χ3v) is 3.26. The van der Waals surface area contributed by atoms with Gasteiger partial charge in [0.05, 0.1) is 6.20 Å². The smallest absolute Gasteiger partial charge is 0.211 e. The van der Waals surface area contributed by atoms with Gasteiger partial charge in [0.1, 0.15) is 11.5 Å². The fraction of sp³-hybridized carbons (Fsp3) is 0. The maximum absolute atomic E-state index is 12.9. The minimum Gasteiger partial charge on any atom is -0.287 e. The first-order valence-electron chi connectivity index (χ1n) is 6.81. The third-order valence-electron chi connectivity index (χ3n) is 3.26. The van der Waals surface area contributed by atoms with Crippen LogP contribution in [-0.2, 0) is 0 Å². The summed E-state index contributed by atoms with van der Waals surface area (Å²) in [5, 5.41) is 6.64. The van der Waals surface area contributed by atoms with Crippen molar-refractivity contribution in [1.29, 1.82) is 0 Å². The number of carbonyl (C=O) groups excluding carboxylic acids is 1. The van der Waals surface area contributed by atoms with Crippen molar-refractivity contribution in [3.8, 4) is 0 Å². The van der Waals surface area contributed by atoms with Crippen molar-refractivity contribution >= 4 is 17.9 Å². The van der Waals surface area contributed by atoms with Crippen LogP contribution in [-0.4, -0.2) is 16.0 Å². The van der Waals surface area contributed by atoms with E-state index in [0.29, 0.717) is 16.8 Å². The average molecular weight is 292 g/mol. The van der Waals surface area contributed by atoms with Gasteiger partial charge in [-0.3, -0.25) is 9.89 Å². The number of carbonyl (C=O) groups is 1. The van der Waals surface area contributed by atoms with Crippen LogP contribution < -0.4 is 0 Å². The summed E-state index contributed by atoms with van der Waals surface area (Å²) in [4.78, 5) is 12.4. The number of hydrogen-bond donors (Lipinski definition) is 1. The molecule has 4 heteroatoms. The Hall–Kier alpha value is -3.01. The van der Waals surface area contributed by atoms with Gasteiger partial charge in [-0.15, -0.1) is 0 Å². The second kappa shape index (κ2) is 6.18. The molecule has 0 aliphatic heterocycles. The first-order valence-corrected chi connectivity index (χ1v) is 6.81. The Labute approximate surface area is 127 Å². The highest BCUT2D eigenvalue weighted by atomic mass is 19.1. The highest BCUT2D eigenvalue weighted by Crippen LogP contribution is 2.15. The van der Waals surface area contributed by atoms with Crippen molar-refractivity contribution in [3.05, 3.63) is 89.0 Å². The van der Waals surface area contributed by atoms with Crippen molar-refractivity contribution in [2.24, 2.45) is 0 Å². The van der Waals surface area contributed by atoms with Crippen molar-refractivity contribution in [1.82, 2.24) is 10.2 Å². The number of aromatic amines is 1. The molecule has 0 saturated heterocycles. The number of H-pyrrole nitrogens is 1. The second-order valence-corrected chi connectivity index (χ2v) is 4.78. The number of rotatable bonds is 4. The molecule has 1 N–H and O–H groups in total. The summed E-state index contributed by atoms with van der Waals surface area (Å²) in [7, 11) is 0. The van der Waals surface area contributed by atoms with Crippen LogP contribution in [0.1, 0.15) is 27.2 Å². The molecule has 0 radical (unpaired) electrons. The summed E-state index contributed by atoms with van der Waals surface area (Å²) < 4.78 is 12.9. The zero-order chi connectivity index (χ0) is 15.4. The van der Waals surface area contributed by atoms with E-state index in [4.69, 9.17) is 0 Å². The molecule has 0 aliphatic carbocycles. The number of ketones is 1. The summed E-state index contributed by atoms with van der Waals surface area (Å²) in [5.41, 5.74) is 2.53. The zero-order valence-corrected chi connectivity index (χ0v) is 11.7. The van der Waals surface area contributed by atoms with E-state index < -0.39 is 0 Å². The van der Waals surface area contributed by atoms with Crippen LogP contribution in [0.15, 0.2) is 60.8 Å². The van der Waals surface area contributed by atoms with Crippen molar-refractivity contribution in [2.45, 2.75) is 0 Å². The highest BCUT2D eigenvalue weighted by molar-refractivity contribution is 6.09. The lowest BCUT2D eigenvalue weighted by atomic mass is 10.0.